The van der Waals surface area contributed by atoms with Crippen LogP contribution in [-0.2, 0) is 9.57 Å². The maximum atomic E-state index is 9.59. The Morgan fingerprint density at radius 3 is 2.47 bits per heavy atom. The Morgan fingerprint density at radius 2 is 1.93 bits per heavy atom. The van der Waals surface area contributed by atoms with Gasteiger partial charge in [-0.3, -0.25) is 0 Å². The number of hydroxylamine groups is 1. The van der Waals surface area contributed by atoms with Gasteiger partial charge in [0.05, 0.1) is 13.2 Å². The first-order valence-electron chi connectivity index (χ1n) is 4.79. The maximum absolute atomic E-state index is 9.59. The molecule has 5 unspecified atom stereocenters. The molecule has 1 saturated heterocycles. The molecule has 0 aromatic heterocycles. The molecule has 0 aromatic carbocycles. The van der Waals surface area contributed by atoms with E-state index in [1.54, 1.807) is 6.92 Å². The first kappa shape index (κ1) is 12.8. The van der Waals surface area contributed by atoms with Crippen molar-refractivity contribution < 1.29 is 30.0 Å². The van der Waals surface area contributed by atoms with Gasteiger partial charge in [-0.15, -0.1) is 0 Å². The molecule has 1 heterocycles. The summed E-state index contributed by atoms with van der Waals surface area (Å²) in [6, 6.07) is -0.942. The summed E-state index contributed by atoms with van der Waals surface area (Å²) in [7, 11) is 0. The van der Waals surface area contributed by atoms with Gasteiger partial charge in [-0.2, -0.15) is 5.48 Å². The summed E-state index contributed by atoms with van der Waals surface area (Å²) < 4.78 is 4.88. The highest BCUT2D eigenvalue weighted by Gasteiger charge is 2.43. The van der Waals surface area contributed by atoms with Gasteiger partial charge < -0.3 is 30.0 Å². The molecule has 0 aromatic rings. The zero-order valence-corrected chi connectivity index (χ0v) is 8.41. The Bertz CT molecular complexity index is 192. The van der Waals surface area contributed by atoms with Crippen LogP contribution in [0.2, 0.25) is 0 Å². The minimum absolute atomic E-state index is 0.343. The second-order valence-electron chi connectivity index (χ2n) is 3.31. The van der Waals surface area contributed by atoms with Gasteiger partial charge in [0.2, 0.25) is 0 Å². The standard InChI is InChI=1S/C8H17NO6/c1-2-14-9-5-7(12)6(11)4(3-10)15-8(5)13/h4-13H,2-3H2,1H3. The van der Waals surface area contributed by atoms with E-state index in [4.69, 9.17) is 14.7 Å². The van der Waals surface area contributed by atoms with Gasteiger partial charge in [0, 0.05) is 0 Å². The molecule has 0 spiro atoms. The van der Waals surface area contributed by atoms with Crippen LogP contribution in [0.4, 0.5) is 0 Å². The number of hydrogen-bond acceptors (Lipinski definition) is 7. The van der Waals surface area contributed by atoms with Crippen LogP contribution in [0.15, 0.2) is 0 Å². The van der Waals surface area contributed by atoms with Crippen molar-refractivity contribution in [1.82, 2.24) is 5.48 Å². The Morgan fingerprint density at radius 1 is 1.27 bits per heavy atom. The minimum atomic E-state index is -1.34. The molecule has 7 heteroatoms. The second-order valence-corrected chi connectivity index (χ2v) is 3.31. The van der Waals surface area contributed by atoms with Gasteiger partial charge in [0.1, 0.15) is 24.4 Å². The van der Waals surface area contributed by atoms with Gasteiger partial charge >= 0.3 is 0 Å². The highest BCUT2D eigenvalue weighted by Crippen LogP contribution is 2.19. The number of rotatable bonds is 4. The van der Waals surface area contributed by atoms with Crippen molar-refractivity contribution >= 4 is 0 Å². The fourth-order valence-electron chi connectivity index (χ4n) is 1.40. The average Bonchev–Trinajstić information content (AvgIpc) is 2.23. The molecule has 5 atom stereocenters. The third kappa shape index (κ3) is 2.85. The second kappa shape index (κ2) is 5.71. The quantitative estimate of drug-likeness (QED) is 0.330. The smallest absolute Gasteiger partial charge is 0.175 e. The SMILES string of the molecule is CCONC1C(O)OC(CO)C(O)C1O. The summed E-state index contributed by atoms with van der Waals surface area (Å²) in [6.07, 6.45) is -4.87. The molecule has 1 aliphatic rings. The summed E-state index contributed by atoms with van der Waals surface area (Å²) in [5.41, 5.74) is 2.38. The third-order valence-corrected chi connectivity index (χ3v) is 2.26. The van der Waals surface area contributed by atoms with E-state index in [0.29, 0.717) is 6.61 Å². The molecule has 1 aliphatic heterocycles. The molecule has 15 heavy (non-hydrogen) atoms. The number of hydrogen-bond donors (Lipinski definition) is 5. The number of aliphatic hydroxyl groups excluding tert-OH is 4. The van der Waals surface area contributed by atoms with E-state index in [2.05, 4.69) is 5.48 Å². The van der Waals surface area contributed by atoms with Gasteiger partial charge in [0.25, 0.3) is 0 Å². The van der Waals surface area contributed by atoms with Gasteiger partial charge in [-0.25, -0.2) is 0 Å². The largest absolute Gasteiger partial charge is 0.394 e. The number of aliphatic hydroxyl groups is 4. The topological polar surface area (TPSA) is 111 Å². The van der Waals surface area contributed by atoms with Gasteiger partial charge in [-0.05, 0) is 6.92 Å². The number of ether oxygens (including phenoxy) is 1. The van der Waals surface area contributed by atoms with Gasteiger partial charge in [0.15, 0.2) is 6.29 Å². The van der Waals surface area contributed by atoms with Crippen LogP contribution in [0.5, 0.6) is 0 Å². The Kier molecular flexibility index (Phi) is 4.87. The molecule has 1 rings (SSSR count). The fraction of sp³-hybridized carbons (Fsp3) is 1.00. The van der Waals surface area contributed by atoms with Crippen molar-refractivity contribution in [2.24, 2.45) is 0 Å². The summed E-state index contributed by atoms with van der Waals surface area (Å²) >= 11 is 0. The van der Waals surface area contributed by atoms with Crippen molar-refractivity contribution in [1.29, 1.82) is 0 Å². The van der Waals surface area contributed by atoms with Crippen molar-refractivity contribution in [2.75, 3.05) is 13.2 Å². The lowest BCUT2D eigenvalue weighted by Crippen LogP contribution is -2.63. The average molecular weight is 223 g/mol. The fourth-order valence-corrected chi connectivity index (χ4v) is 1.40. The van der Waals surface area contributed by atoms with Crippen LogP contribution in [0, 0.1) is 0 Å². The monoisotopic (exact) mass is 223 g/mol. The van der Waals surface area contributed by atoms with Crippen molar-refractivity contribution in [3.8, 4) is 0 Å². The maximum Gasteiger partial charge on any atom is 0.175 e. The zero-order chi connectivity index (χ0) is 11.4. The lowest BCUT2D eigenvalue weighted by Gasteiger charge is -2.39. The molecule has 0 bridgehead atoms. The lowest BCUT2D eigenvalue weighted by atomic mass is 9.98. The predicted molar refractivity (Wildman–Crippen MR) is 48.5 cm³/mol. The van der Waals surface area contributed by atoms with Crippen LogP contribution in [-0.4, -0.2) is 64.3 Å². The van der Waals surface area contributed by atoms with E-state index in [1.165, 1.54) is 0 Å². The van der Waals surface area contributed by atoms with E-state index < -0.39 is 37.3 Å². The Balaban J connectivity index is 2.58. The highest BCUT2D eigenvalue weighted by molar-refractivity contribution is 4.91. The summed E-state index contributed by atoms with van der Waals surface area (Å²) in [4.78, 5) is 4.81. The van der Waals surface area contributed by atoms with Crippen LogP contribution in [0.1, 0.15) is 6.92 Å². The van der Waals surface area contributed by atoms with Crippen molar-refractivity contribution in [3.63, 3.8) is 0 Å². The summed E-state index contributed by atoms with van der Waals surface area (Å²) in [5, 5.41) is 37.3. The summed E-state index contributed by atoms with van der Waals surface area (Å²) in [5.74, 6) is 0. The lowest BCUT2D eigenvalue weighted by molar-refractivity contribution is -0.269. The predicted octanol–water partition coefficient (Wildman–Crippen LogP) is -2.67. The van der Waals surface area contributed by atoms with Crippen molar-refractivity contribution in [2.45, 2.75) is 37.6 Å². The van der Waals surface area contributed by atoms with E-state index in [0.717, 1.165) is 0 Å². The van der Waals surface area contributed by atoms with E-state index in [1.807, 2.05) is 0 Å². The zero-order valence-electron chi connectivity index (χ0n) is 8.41. The molecule has 0 amide bonds. The van der Waals surface area contributed by atoms with Crippen LogP contribution >= 0.6 is 0 Å². The van der Waals surface area contributed by atoms with Crippen LogP contribution in [0.25, 0.3) is 0 Å². The molecular formula is C8H17NO6. The highest BCUT2D eigenvalue weighted by atomic mass is 16.7. The molecule has 1 fully saturated rings. The molecule has 5 N–H and O–H groups in total. The van der Waals surface area contributed by atoms with Gasteiger partial charge in [-0.1, -0.05) is 0 Å². The summed E-state index contributed by atoms with van der Waals surface area (Å²) in [6.45, 7) is 1.59. The molecular weight excluding hydrogens is 206 g/mol. The van der Waals surface area contributed by atoms with E-state index >= 15 is 0 Å². The minimum Gasteiger partial charge on any atom is -0.394 e. The Labute approximate surface area is 87.2 Å². The third-order valence-electron chi connectivity index (χ3n) is 2.26. The molecule has 0 aliphatic carbocycles. The Hall–Kier alpha value is -0.280. The molecule has 90 valence electrons. The molecule has 0 saturated carbocycles. The first-order chi connectivity index (χ1) is 7.11. The van der Waals surface area contributed by atoms with Crippen molar-refractivity contribution in [3.05, 3.63) is 0 Å². The van der Waals surface area contributed by atoms with E-state index in [-0.39, 0.29) is 0 Å². The number of nitrogens with one attached hydrogen (secondary N) is 1. The normalized spacial score (nSPS) is 41.8. The molecule has 0 radical (unpaired) electrons. The van der Waals surface area contributed by atoms with Crippen LogP contribution < -0.4 is 5.48 Å². The first-order valence-corrected chi connectivity index (χ1v) is 4.79. The molecule has 7 nitrogen and oxygen atoms in total. The van der Waals surface area contributed by atoms with E-state index in [9.17, 15) is 15.3 Å². The van der Waals surface area contributed by atoms with Crippen LogP contribution in [0.3, 0.4) is 0 Å².